The van der Waals surface area contributed by atoms with E-state index in [1.165, 1.54) is 11.3 Å². The minimum Gasteiger partial charge on any atom is -0.486 e. The topological polar surface area (TPSA) is 122 Å². The molecule has 224 valence electrons. The predicted octanol–water partition coefficient (Wildman–Crippen LogP) is 5.28. The van der Waals surface area contributed by atoms with Gasteiger partial charge in [-0.3, -0.25) is 15.1 Å². The lowest BCUT2D eigenvalue weighted by Gasteiger charge is -2.25. The standard InChI is InChI=1S/C30H37N5O6S/c1-30(2,3)41-29(38)33-24-19-42-18-21(24)14-25(36)23-8-6-20(16-31-23)17-35(11-10-34(4)5)28(37)32-22-7-9-26-27(15-22)40-13-12-39-26/h6-9,15-16,18-19H,10-14,17H2,1-5H3,(H,32,37)(H,33,38). The second-order valence-electron chi connectivity index (χ2n) is 11.1. The van der Waals surface area contributed by atoms with E-state index in [0.29, 0.717) is 67.0 Å². The van der Waals surface area contributed by atoms with Gasteiger partial charge in [0.1, 0.15) is 24.5 Å². The maximum Gasteiger partial charge on any atom is 0.412 e. The van der Waals surface area contributed by atoms with Crippen molar-refractivity contribution in [3.8, 4) is 11.5 Å². The number of pyridine rings is 1. The summed E-state index contributed by atoms with van der Waals surface area (Å²) in [6, 6.07) is 8.50. The molecule has 0 radical (unpaired) electrons. The van der Waals surface area contributed by atoms with Gasteiger partial charge in [0, 0.05) is 49.4 Å². The number of amides is 3. The third-order valence-electron chi connectivity index (χ3n) is 6.11. The molecule has 4 rings (SSSR count). The van der Waals surface area contributed by atoms with Crippen LogP contribution >= 0.6 is 11.3 Å². The SMILES string of the molecule is CN(C)CCN(Cc1ccc(C(=O)Cc2cscc2NC(=O)OC(C)(C)C)nc1)C(=O)Nc1ccc2c(c1)OCCO2. The van der Waals surface area contributed by atoms with Crippen molar-refractivity contribution in [3.05, 3.63) is 64.1 Å². The molecule has 2 aromatic heterocycles. The van der Waals surface area contributed by atoms with Gasteiger partial charge in [0.05, 0.1) is 5.69 Å². The van der Waals surface area contributed by atoms with Crippen molar-refractivity contribution in [2.45, 2.75) is 39.3 Å². The van der Waals surface area contributed by atoms with Crippen LogP contribution in [0.1, 0.15) is 42.4 Å². The highest BCUT2D eigenvalue weighted by molar-refractivity contribution is 7.08. The summed E-state index contributed by atoms with van der Waals surface area (Å²) in [6.45, 7) is 7.77. The number of likely N-dealkylation sites (N-methyl/N-ethyl adjacent to an activating group) is 1. The van der Waals surface area contributed by atoms with Gasteiger partial charge in [-0.15, -0.1) is 11.3 Å². The maximum atomic E-state index is 13.2. The summed E-state index contributed by atoms with van der Waals surface area (Å²) >= 11 is 1.39. The summed E-state index contributed by atoms with van der Waals surface area (Å²) in [5, 5.41) is 9.24. The van der Waals surface area contributed by atoms with E-state index in [1.807, 2.05) is 24.4 Å². The molecular weight excluding hydrogens is 558 g/mol. The van der Waals surface area contributed by atoms with Gasteiger partial charge in [0.15, 0.2) is 17.3 Å². The highest BCUT2D eigenvalue weighted by Gasteiger charge is 2.20. The third kappa shape index (κ3) is 8.92. The molecule has 0 atom stereocenters. The number of nitrogens with one attached hydrogen (secondary N) is 2. The summed E-state index contributed by atoms with van der Waals surface area (Å²) in [5.41, 5.74) is 2.29. The van der Waals surface area contributed by atoms with E-state index < -0.39 is 11.7 Å². The molecule has 0 saturated carbocycles. The number of ketones is 1. The van der Waals surface area contributed by atoms with Crippen molar-refractivity contribution in [2.75, 3.05) is 51.0 Å². The summed E-state index contributed by atoms with van der Waals surface area (Å²) in [6.07, 6.45) is 1.11. The number of urea groups is 1. The number of hydrogen-bond donors (Lipinski definition) is 2. The van der Waals surface area contributed by atoms with Gasteiger partial charge in [-0.05, 0) is 69.6 Å². The molecule has 1 aromatic carbocycles. The first-order chi connectivity index (χ1) is 20.0. The number of carbonyl (C=O) groups is 3. The minimum absolute atomic E-state index is 0.0773. The number of nitrogens with zero attached hydrogens (tertiary/aromatic N) is 3. The number of Topliss-reactive ketones (excluding diaryl/α,β-unsaturated/α-hetero) is 1. The number of anilines is 2. The quantitative estimate of drug-likeness (QED) is 0.304. The van der Waals surface area contributed by atoms with E-state index >= 15 is 0 Å². The fourth-order valence-electron chi connectivity index (χ4n) is 4.05. The number of ether oxygens (including phenoxy) is 3. The van der Waals surface area contributed by atoms with E-state index in [1.54, 1.807) is 67.6 Å². The summed E-state index contributed by atoms with van der Waals surface area (Å²) < 4.78 is 16.5. The summed E-state index contributed by atoms with van der Waals surface area (Å²) in [5.74, 6) is 1.06. The Labute approximate surface area is 249 Å². The molecular formula is C30H37N5O6S. The van der Waals surface area contributed by atoms with Gasteiger partial charge >= 0.3 is 12.1 Å². The molecule has 0 bridgehead atoms. The number of benzene rings is 1. The molecule has 0 saturated heterocycles. The molecule has 11 nitrogen and oxygen atoms in total. The number of rotatable bonds is 10. The molecule has 12 heteroatoms. The molecule has 3 aromatic rings. The molecule has 1 aliphatic rings. The Morgan fingerprint density at radius 1 is 1.00 bits per heavy atom. The molecule has 0 unspecified atom stereocenters. The van der Waals surface area contributed by atoms with Crippen LogP contribution in [0.15, 0.2) is 47.3 Å². The number of carbonyl (C=O) groups excluding carboxylic acids is 3. The minimum atomic E-state index is -0.629. The molecule has 0 spiro atoms. The molecule has 42 heavy (non-hydrogen) atoms. The Balaban J connectivity index is 1.38. The first-order valence-electron chi connectivity index (χ1n) is 13.6. The fourth-order valence-corrected chi connectivity index (χ4v) is 4.84. The molecule has 0 fully saturated rings. The van der Waals surface area contributed by atoms with Crippen molar-refractivity contribution < 1.29 is 28.6 Å². The average Bonchev–Trinajstić information content (AvgIpc) is 3.35. The van der Waals surface area contributed by atoms with E-state index in [-0.39, 0.29) is 18.2 Å². The molecule has 2 N–H and O–H groups in total. The van der Waals surface area contributed by atoms with Crippen molar-refractivity contribution >= 4 is 40.6 Å². The first kappa shape index (κ1) is 30.8. The van der Waals surface area contributed by atoms with Crippen LogP contribution in [-0.4, -0.2) is 78.7 Å². The highest BCUT2D eigenvalue weighted by Crippen LogP contribution is 2.32. The van der Waals surface area contributed by atoms with E-state index in [9.17, 15) is 14.4 Å². The molecule has 0 aliphatic carbocycles. The zero-order valence-corrected chi connectivity index (χ0v) is 25.4. The smallest absolute Gasteiger partial charge is 0.412 e. The number of hydrogen-bond acceptors (Lipinski definition) is 9. The highest BCUT2D eigenvalue weighted by atomic mass is 32.1. The van der Waals surface area contributed by atoms with Crippen LogP contribution in [0.5, 0.6) is 11.5 Å². The molecule has 1 aliphatic heterocycles. The van der Waals surface area contributed by atoms with Crippen molar-refractivity contribution in [2.24, 2.45) is 0 Å². The Hall–Kier alpha value is -4.16. The number of aromatic nitrogens is 1. The monoisotopic (exact) mass is 595 g/mol. The van der Waals surface area contributed by atoms with Crippen LogP contribution in [0, 0.1) is 0 Å². The Morgan fingerprint density at radius 2 is 1.76 bits per heavy atom. The van der Waals surface area contributed by atoms with E-state index in [4.69, 9.17) is 14.2 Å². The van der Waals surface area contributed by atoms with Crippen LogP contribution in [0.25, 0.3) is 0 Å². The van der Waals surface area contributed by atoms with Crippen LogP contribution in [-0.2, 0) is 17.7 Å². The summed E-state index contributed by atoms with van der Waals surface area (Å²) in [4.78, 5) is 46.5. The zero-order chi connectivity index (χ0) is 30.3. The lowest BCUT2D eigenvalue weighted by molar-refractivity contribution is 0.0635. The van der Waals surface area contributed by atoms with Crippen molar-refractivity contribution in [1.82, 2.24) is 14.8 Å². The zero-order valence-electron chi connectivity index (χ0n) is 24.6. The Bertz CT molecular complexity index is 1400. The van der Waals surface area contributed by atoms with Gasteiger partial charge < -0.3 is 29.3 Å². The Morgan fingerprint density at radius 3 is 2.45 bits per heavy atom. The second kappa shape index (κ2) is 13.7. The largest absolute Gasteiger partial charge is 0.486 e. The van der Waals surface area contributed by atoms with Gasteiger partial charge in [-0.25, -0.2) is 9.59 Å². The number of thiophene rings is 1. The van der Waals surface area contributed by atoms with E-state index in [0.717, 1.165) is 5.56 Å². The summed E-state index contributed by atoms with van der Waals surface area (Å²) in [7, 11) is 3.89. The van der Waals surface area contributed by atoms with Crippen LogP contribution in [0.2, 0.25) is 0 Å². The molecule has 3 amide bonds. The lowest BCUT2D eigenvalue weighted by Crippen LogP contribution is -2.39. The van der Waals surface area contributed by atoms with Gasteiger partial charge in [0.25, 0.3) is 0 Å². The number of fused-ring (bicyclic) bond motifs is 1. The second-order valence-corrected chi connectivity index (χ2v) is 11.8. The van der Waals surface area contributed by atoms with Crippen molar-refractivity contribution in [3.63, 3.8) is 0 Å². The first-order valence-corrected chi connectivity index (χ1v) is 14.5. The third-order valence-corrected chi connectivity index (χ3v) is 6.90. The Kier molecular flexibility index (Phi) is 10.0. The van der Waals surface area contributed by atoms with Gasteiger partial charge in [-0.1, -0.05) is 6.07 Å². The lowest BCUT2D eigenvalue weighted by atomic mass is 10.1. The van der Waals surface area contributed by atoms with Crippen LogP contribution in [0.4, 0.5) is 21.0 Å². The van der Waals surface area contributed by atoms with Crippen LogP contribution < -0.4 is 20.1 Å². The average molecular weight is 596 g/mol. The van der Waals surface area contributed by atoms with Gasteiger partial charge in [-0.2, -0.15) is 0 Å². The predicted molar refractivity (Wildman–Crippen MR) is 162 cm³/mol. The van der Waals surface area contributed by atoms with Crippen molar-refractivity contribution in [1.29, 1.82) is 0 Å². The van der Waals surface area contributed by atoms with E-state index in [2.05, 4.69) is 15.6 Å². The fraction of sp³-hybridized carbons (Fsp3) is 0.400. The van der Waals surface area contributed by atoms with Gasteiger partial charge in [0.2, 0.25) is 0 Å². The maximum absolute atomic E-state index is 13.2. The normalized spacial score (nSPS) is 12.5. The molecule has 3 heterocycles. The van der Waals surface area contributed by atoms with Crippen LogP contribution in [0.3, 0.4) is 0 Å².